The maximum absolute atomic E-state index is 12.1. The van der Waals surface area contributed by atoms with Gasteiger partial charge in [0.15, 0.2) is 0 Å². The SMILES string of the molecule is O=C(CCOc1ccccc1)N[C@@H]1CCCN(Cc2cccnc2)C1. The van der Waals surface area contributed by atoms with Crippen LogP contribution in [0.4, 0.5) is 0 Å². The molecule has 2 aromatic rings. The van der Waals surface area contributed by atoms with Crippen LogP contribution in [0.15, 0.2) is 54.9 Å². The molecule has 0 saturated carbocycles. The van der Waals surface area contributed by atoms with E-state index < -0.39 is 0 Å². The van der Waals surface area contributed by atoms with E-state index in [1.165, 1.54) is 5.56 Å². The zero-order valence-electron chi connectivity index (χ0n) is 14.4. The summed E-state index contributed by atoms with van der Waals surface area (Å²) in [5, 5.41) is 3.14. The highest BCUT2D eigenvalue weighted by Gasteiger charge is 2.21. The van der Waals surface area contributed by atoms with Crippen LogP contribution >= 0.6 is 0 Å². The van der Waals surface area contributed by atoms with Crippen LogP contribution in [0.5, 0.6) is 5.75 Å². The number of hydrogen-bond acceptors (Lipinski definition) is 4. The molecular formula is C20H25N3O2. The number of para-hydroxylation sites is 1. The fourth-order valence-electron chi connectivity index (χ4n) is 3.14. The predicted molar refractivity (Wildman–Crippen MR) is 97.2 cm³/mol. The van der Waals surface area contributed by atoms with Crippen LogP contribution in [0.2, 0.25) is 0 Å². The third-order valence-electron chi connectivity index (χ3n) is 4.34. The van der Waals surface area contributed by atoms with Gasteiger partial charge in [-0.3, -0.25) is 14.7 Å². The zero-order valence-corrected chi connectivity index (χ0v) is 14.4. The number of rotatable bonds is 7. The van der Waals surface area contributed by atoms with E-state index in [2.05, 4.69) is 21.3 Å². The van der Waals surface area contributed by atoms with Crippen LogP contribution in [-0.4, -0.2) is 41.5 Å². The average Bonchev–Trinajstić information content (AvgIpc) is 2.64. The maximum atomic E-state index is 12.1. The highest BCUT2D eigenvalue weighted by molar-refractivity contribution is 5.76. The van der Waals surface area contributed by atoms with Crippen molar-refractivity contribution in [1.29, 1.82) is 0 Å². The van der Waals surface area contributed by atoms with Gasteiger partial charge in [0.2, 0.25) is 5.91 Å². The molecule has 1 fully saturated rings. The molecule has 25 heavy (non-hydrogen) atoms. The number of nitrogens with one attached hydrogen (secondary N) is 1. The van der Waals surface area contributed by atoms with Gasteiger partial charge in [0.25, 0.3) is 0 Å². The van der Waals surface area contributed by atoms with Gasteiger partial charge < -0.3 is 10.1 Å². The molecule has 3 rings (SSSR count). The van der Waals surface area contributed by atoms with Crippen molar-refractivity contribution in [2.75, 3.05) is 19.7 Å². The van der Waals surface area contributed by atoms with Crippen molar-refractivity contribution in [3.8, 4) is 5.75 Å². The van der Waals surface area contributed by atoms with E-state index >= 15 is 0 Å². The van der Waals surface area contributed by atoms with E-state index in [0.717, 1.165) is 38.2 Å². The van der Waals surface area contributed by atoms with Crippen molar-refractivity contribution < 1.29 is 9.53 Å². The van der Waals surface area contributed by atoms with Gasteiger partial charge in [0, 0.05) is 31.5 Å². The van der Waals surface area contributed by atoms with Crippen LogP contribution in [0.1, 0.15) is 24.8 Å². The van der Waals surface area contributed by atoms with Crippen molar-refractivity contribution >= 4 is 5.91 Å². The maximum Gasteiger partial charge on any atom is 0.223 e. The lowest BCUT2D eigenvalue weighted by Gasteiger charge is -2.33. The minimum absolute atomic E-state index is 0.0594. The smallest absolute Gasteiger partial charge is 0.223 e. The predicted octanol–water partition coefficient (Wildman–Crippen LogP) is 2.63. The van der Waals surface area contributed by atoms with Gasteiger partial charge in [-0.1, -0.05) is 24.3 Å². The van der Waals surface area contributed by atoms with Crippen molar-refractivity contribution in [3.05, 3.63) is 60.4 Å². The quantitative estimate of drug-likeness (QED) is 0.842. The third-order valence-corrected chi connectivity index (χ3v) is 4.34. The Morgan fingerprint density at radius 2 is 2.12 bits per heavy atom. The number of pyridine rings is 1. The molecule has 0 radical (unpaired) electrons. The summed E-state index contributed by atoms with van der Waals surface area (Å²) in [6, 6.07) is 13.9. The van der Waals surface area contributed by atoms with E-state index in [4.69, 9.17) is 4.74 Å². The van der Waals surface area contributed by atoms with Gasteiger partial charge in [-0.2, -0.15) is 0 Å². The number of aromatic nitrogens is 1. The third kappa shape index (κ3) is 5.87. The lowest BCUT2D eigenvalue weighted by atomic mass is 10.0. The van der Waals surface area contributed by atoms with Crippen LogP contribution in [0.3, 0.4) is 0 Å². The van der Waals surface area contributed by atoms with Gasteiger partial charge in [-0.25, -0.2) is 0 Å². The molecule has 1 saturated heterocycles. The molecule has 1 atom stereocenters. The number of hydrogen-bond donors (Lipinski definition) is 1. The second-order valence-corrected chi connectivity index (χ2v) is 6.41. The number of benzene rings is 1. The fraction of sp³-hybridized carbons (Fsp3) is 0.400. The molecule has 2 heterocycles. The highest BCUT2D eigenvalue weighted by atomic mass is 16.5. The van der Waals surface area contributed by atoms with Crippen LogP contribution < -0.4 is 10.1 Å². The van der Waals surface area contributed by atoms with E-state index in [0.29, 0.717) is 13.0 Å². The topological polar surface area (TPSA) is 54.5 Å². The normalized spacial score (nSPS) is 17.8. The molecule has 5 nitrogen and oxygen atoms in total. The summed E-state index contributed by atoms with van der Waals surface area (Å²) in [4.78, 5) is 18.7. The Hall–Kier alpha value is -2.40. The highest BCUT2D eigenvalue weighted by Crippen LogP contribution is 2.14. The minimum atomic E-state index is 0.0594. The summed E-state index contributed by atoms with van der Waals surface area (Å²) in [5.74, 6) is 0.861. The molecule has 0 unspecified atom stereocenters. The second-order valence-electron chi connectivity index (χ2n) is 6.41. The summed E-state index contributed by atoms with van der Waals surface area (Å²) in [6.07, 6.45) is 6.22. The Balaban J connectivity index is 1.39. The first-order chi connectivity index (χ1) is 12.3. The van der Waals surface area contributed by atoms with Crippen molar-refractivity contribution in [3.63, 3.8) is 0 Å². The number of likely N-dealkylation sites (tertiary alicyclic amines) is 1. The Kier molecular flexibility index (Phi) is 6.40. The standard InChI is InChI=1S/C20H25N3O2/c24-20(10-13-25-19-8-2-1-3-9-19)22-18-7-5-12-23(16-18)15-17-6-4-11-21-14-17/h1-4,6,8-9,11,14,18H,5,7,10,12-13,15-16H2,(H,22,24)/t18-/m1/s1. The zero-order chi connectivity index (χ0) is 17.3. The summed E-state index contributed by atoms with van der Waals surface area (Å²) < 4.78 is 5.59. The van der Waals surface area contributed by atoms with Gasteiger partial charge in [0.1, 0.15) is 5.75 Å². The minimum Gasteiger partial charge on any atom is -0.493 e. The number of amides is 1. The molecule has 5 heteroatoms. The summed E-state index contributed by atoms with van der Waals surface area (Å²) in [6.45, 7) is 3.25. The second kappa shape index (κ2) is 9.18. The molecule has 0 bridgehead atoms. The molecular weight excluding hydrogens is 314 g/mol. The summed E-state index contributed by atoms with van der Waals surface area (Å²) in [7, 11) is 0. The van der Waals surface area contributed by atoms with Crippen LogP contribution in [0, 0.1) is 0 Å². The van der Waals surface area contributed by atoms with Crippen LogP contribution in [-0.2, 0) is 11.3 Å². The lowest BCUT2D eigenvalue weighted by Crippen LogP contribution is -2.47. The Morgan fingerprint density at radius 1 is 1.24 bits per heavy atom. The monoisotopic (exact) mass is 339 g/mol. The molecule has 0 spiro atoms. The van der Waals surface area contributed by atoms with E-state index in [1.807, 2.05) is 42.6 Å². The average molecular weight is 339 g/mol. The van der Waals surface area contributed by atoms with Gasteiger partial charge >= 0.3 is 0 Å². The molecule has 1 aromatic carbocycles. The van der Waals surface area contributed by atoms with Gasteiger partial charge in [-0.15, -0.1) is 0 Å². The largest absolute Gasteiger partial charge is 0.493 e. The van der Waals surface area contributed by atoms with E-state index in [1.54, 1.807) is 6.20 Å². The summed E-state index contributed by atoms with van der Waals surface area (Å²) in [5.41, 5.74) is 1.21. The molecule has 132 valence electrons. The Morgan fingerprint density at radius 3 is 2.92 bits per heavy atom. The van der Waals surface area contributed by atoms with E-state index in [9.17, 15) is 4.79 Å². The molecule has 1 aliphatic rings. The lowest BCUT2D eigenvalue weighted by molar-refractivity contribution is -0.122. The molecule has 0 aliphatic carbocycles. The summed E-state index contributed by atoms with van der Waals surface area (Å²) >= 11 is 0. The number of piperidine rings is 1. The Labute approximate surface area is 149 Å². The van der Waals surface area contributed by atoms with Crippen LogP contribution in [0.25, 0.3) is 0 Å². The first-order valence-electron chi connectivity index (χ1n) is 8.88. The number of ether oxygens (including phenoxy) is 1. The fourth-order valence-corrected chi connectivity index (χ4v) is 3.14. The molecule has 1 aromatic heterocycles. The Bertz CT molecular complexity index is 649. The molecule has 1 N–H and O–H groups in total. The van der Waals surface area contributed by atoms with E-state index in [-0.39, 0.29) is 11.9 Å². The molecule has 1 amide bonds. The first-order valence-corrected chi connectivity index (χ1v) is 8.88. The van der Waals surface area contributed by atoms with Gasteiger partial charge in [-0.05, 0) is 43.1 Å². The molecule has 1 aliphatic heterocycles. The van der Waals surface area contributed by atoms with Crippen molar-refractivity contribution in [2.24, 2.45) is 0 Å². The first kappa shape index (κ1) is 17.4. The number of carbonyl (C=O) groups excluding carboxylic acids is 1. The van der Waals surface area contributed by atoms with Crippen molar-refractivity contribution in [2.45, 2.75) is 31.8 Å². The van der Waals surface area contributed by atoms with Crippen molar-refractivity contribution in [1.82, 2.24) is 15.2 Å². The van der Waals surface area contributed by atoms with Gasteiger partial charge in [0.05, 0.1) is 13.0 Å². The number of nitrogens with zero attached hydrogens (tertiary/aromatic N) is 2. The number of carbonyl (C=O) groups is 1.